The maximum absolute atomic E-state index is 13.0. The Morgan fingerprint density at radius 3 is 2.15 bits per heavy atom. The van der Waals surface area contributed by atoms with Crippen LogP contribution in [0.1, 0.15) is 18.9 Å². The summed E-state index contributed by atoms with van der Waals surface area (Å²) in [5.74, 6) is -0.677. The first kappa shape index (κ1) is 21.9. The second-order valence-electron chi connectivity index (χ2n) is 7.53. The molecule has 0 spiro atoms. The van der Waals surface area contributed by atoms with E-state index < -0.39 is 23.4 Å². The average Bonchev–Trinajstić information content (AvgIpc) is 3.10. The quantitative estimate of drug-likeness (QED) is 0.460. The highest BCUT2D eigenvalue weighted by Gasteiger charge is 2.52. The lowest BCUT2D eigenvalue weighted by Gasteiger charge is -2.25. The van der Waals surface area contributed by atoms with Crippen LogP contribution in [0.25, 0.3) is 0 Å². The van der Waals surface area contributed by atoms with Gasteiger partial charge in [0, 0.05) is 11.4 Å². The van der Waals surface area contributed by atoms with Gasteiger partial charge in [0.1, 0.15) is 11.3 Å². The Bertz CT molecular complexity index is 1140. The van der Waals surface area contributed by atoms with Crippen LogP contribution in [0.3, 0.4) is 0 Å². The number of carbonyl (C=O) groups is 3. The van der Waals surface area contributed by atoms with E-state index in [1.165, 1.54) is 0 Å². The van der Waals surface area contributed by atoms with Gasteiger partial charge in [0.2, 0.25) is 0 Å². The summed E-state index contributed by atoms with van der Waals surface area (Å²) in [5, 5.41) is 6.69. The van der Waals surface area contributed by atoms with Crippen molar-refractivity contribution in [1.29, 1.82) is 0 Å². The molecule has 0 aromatic heterocycles. The maximum atomic E-state index is 13.0. The van der Waals surface area contributed by atoms with Crippen molar-refractivity contribution in [2.24, 2.45) is 0 Å². The van der Waals surface area contributed by atoms with E-state index in [9.17, 15) is 14.4 Å². The van der Waals surface area contributed by atoms with Crippen molar-refractivity contribution in [2.75, 3.05) is 11.9 Å². The summed E-state index contributed by atoms with van der Waals surface area (Å²) in [6.07, 6.45) is 0.341. The van der Waals surface area contributed by atoms with Crippen molar-refractivity contribution < 1.29 is 19.1 Å². The second kappa shape index (κ2) is 9.44. The molecule has 8 nitrogen and oxygen atoms in total. The smallest absolute Gasteiger partial charge is 0.344 e. The number of benzene rings is 3. The summed E-state index contributed by atoms with van der Waals surface area (Å²) in [6, 6.07) is 25.1. The molecule has 1 heterocycles. The fraction of sp³-hybridized carbons (Fsp3) is 0.160. The largest absolute Gasteiger partial charge is 0.484 e. The number of hydrogen-bond acceptors (Lipinski definition) is 5. The van der Waals surface area contributed by atoms with Gasteiger partial charge in [-0.15, -0.1) is 0 Å². The fourth-order valence-corrected chi connectivity index (χ4v) is 3.67. The van der Waals surface area contributed by atoms with Gasteiger partial charge in [-0.25, -0.2) is 4.79 Å². The average molecular weight is 444 g/mol. The summed E-state index contributed by atoms with van der Waals surface area (Å²) < 4.78 is 5.51. The molecule has 0 aliphatic carbocycles. The van der Waals surface area contributed by atoms with Crippen LogP contribution >= 0.6 is 0 Å². The van der Waals surface area contributed by atoms with Gasteiger partial charge >= 0.3 is 6.03 Å². The van der Waals surface area contributed by atoms with Crippen LogP contribution in [0, 0.1) is 0 Å². The molecule has 1 saturated heterocycles. The van der Waals surface area contributed by atoms with Crippen LogP contribution in [-0.2, 0) is 15.1 Å². The highest BCUT2D eigenvalue weighted by atomic mass is 16.5. The van der Waals surface area contributed by atoms with Crippen LogP contribution in [0.2, 0.25) is 0 Å². The lowest BCUT2D eigenvalue weighted by Crippen LogP contribution is -2.49. The normalized spacial score (nSPS) is 17.4. The van der Waals surface area contributed by atoms with Gasteiger partial charge in [-0.05, 0) is 48.4 Å². The van der Waals surface area contributed by atoms with Gasteiger partial charge < -0.3 is 15.4 Å². The van der Waals surface area contributed by atoms with E-state index >= 15 is 0 Å². The Kier molecular flexibility index (Phi) is 6.26. The molecule has 0 radical (unpaired) electrons. The van der Waals surface area contributed by atoms with E-state index in [0.29, 0.717) is 17.7 Å². The SMILES string of the molecule is CCC1(c2ccccc2)NC(=O)N(NC(=O)COc2ccc(Nc3ccccc3)cc2)C1=O. The monoisotopic (exact) mass is 444 g/mol. The Balaban J connectivity index is 1.34. The van der Waals surface area contributed by atoms with Gasteiger partial charge in [0.05, 0.1) is 0 Å². The third-order valence-corrected chi connectivity index (χ3v) is 5.41. The summed E-state index contributed by atoms with van der Waals surface area (Å²) in [4.78, 5) is 37.9. The molecule has 1 aliphatic heterocycles. The molecule has 168 valence electrons. The number of anilines is 2. The van der Waals surface area contributed by atoms with Crippen LogP contribution < -0.4 is 20.8 Å². The first-order valence-electron chi connectivity index (χ1n) is 10.6. The molecule has 4 amide bonds. The number of hydrazine groups is 1. The molecule has 3 N–H and O–H groups in total. The molecule has 1 aliphatic rings. The molecule has 0 saturated carbocycles. The number of urea groups is 1. The number of ether oxygens (including phenoxy) is 1. The number of nitrogens with zero attached hydrogens (tertiary/aromatic N) is 1. The number of imide groups is 1. The highest BCUT2D eigenvalue weighted by molar-refractivity contribution is 6.08. The second-order valence-corrected chi connectivity index (χ2v) is 7.53. The Hall–Kier alpha value is -4.33. The number of rotatable bonds is 8. The zero-order chi connectivity index (χ0) is 23.3. The van der Waals surface area contributed by atoms with E-state index in [2.05, 4.69) is 16.1 Å². The lowest BCUT2D eigenvalue weighted by molar-refractivity contribution is -0.140. The molecule has 1 atom stereocenters. The Labute approximate surface area is 191 Å². The number of amides is 4. The molecule has 4 rings (SSSR count). The van der Waals surface area contributed by atoms with E-state index in [4.69, 9.17) is 4.74 Å². The lowest BCUT2D eigenvalue weighted by atomic mass is 9.87. The highest BCUT2D eigenvalue weighted by Crippen LogP contribution is 2.31. The molecule has 0 bridgehead atoms. The minimum atomic E-state index is -1.21. The van der Waals surface area contributed by atoms with Crippen LogP contribution in [0.15, 0.2) is 84.9 Å². The van der Waals surface area contributed by atoms with Crippen molar-refractivity contribution in [1.82, 2.24) is 15.8 Å². The summed E-state index contributed by atoms with van der Waals surface area (Å²) in [5.41, 5.74) is 3.61. The summed E-state index contributed by atoms with van der Waals surface area (Å²) in [7, 11) is 0. The summed E-state index contributed by atoms with van der Waals surface area (Å²) in [6.45, 7) is 1.45. The van der Waals surface area contributed by atoms with Crippen LogP contribution in [-0.4, -0.2) is 29.5 Å². The number of nitrogens with one attached hydrogen (secondary N) is 3. The van der Waals surface area contributed by atoms with Gasteiger partial charge in [-0.1, -0.05) is 55.5 Å². The molecule has 8 heteroatoms. The molecule has 1 unspecified atom stereocenters. The third-order valence-electron chi connectivity index (χ3n) is 5.41. The predicted molar refractivity (Wildman–Crippen MR) is 124 cm³/mol. The van der Waals surface area contributed by atoms with Gasteiger partial charge in [0.15, 0.2) is 6.61 Å². The third kappa shape index (κ3) is 4.64. The molecule has 1 fully saturated rings. The first-order valence-corrected chi connectivity index (χ1v) is 10.6. The van der Waals surface area contributed by atoms with Gasteiger partial charge in [-0.3, -0.25) is 15.0 Å². The number of carbonyl (C=O) groups excluding carboxylic acids is 3. The molecule has 3 aromatic rings. The minimum Gasteiger partial charge on any atom is -0.484 e. The van der Waals surface area contributed by atoms with Crippen molar-refractivity contribution in [3.8, 4) is 5.75 Å². The van der Waals surface area contributed by atoms with E-state index in [1.54, 1.807) is 43.3 Å². The van der Waals surface area contributed by atoms with E-state index in [-0.39, 0.29) is 6.61 Å². The van der Waals surface area contributed by atoms with Gasteiger partial charge in [-0.2, -0.15) is 5.01 Å². The van der Waals surface area contributed by atoms with Crippen LogP contribution in [0.4, 0.5) is 16.2 Å². The predicted octanol–water partition coefficient (Wildman–Crippen LogP) is 3.70. The minimum absolute atomic E-state index is 0.341. The van der Waals surface area contributed by atoms with Gasteiger partial charge in [0.25, 0.3) is 11.8 Å². The van der Waals surface area contributed by atoms with Crippen molar-refractivity contribution in [3.05, 3.63) is 90.5 Å². The van der Waals surface area contributed by atoms with Crippen LogP contribution in [0.5, 0.6) is 5.75 Å². The molecule has 3 aromatic carbocycles. The maximum Gasteiger partial charge on any atom is 0.344 e. The number of hydrogen-bond donors (Lipinski definition) is 3. The van der Waals surface area contributed by atoms with Crippen molar-refractivity contribution in [3.63, 3.8) is 0 Å². The zero-order valence-corrected chi connectivity index (χ0v) is 18.1. The Morgan fingerprint density at radius 2 is 1.52 bits per heavy atom. The Morgan fingerprint density at radius 1 is 0.909 bits per heavy atom. The fourth-order valence-electron chi connectivity index (χ4n) is 3.67. The van der Waals surface area contributed by atoms with Crippen molar-refractivity contribution >= 4 is 29.2 Å². The molecular formula is C25H24N4O4. The zero-order valence-electron chi connectivity index (χ0n) is 18.1. The van der Waals surface area contributed by atoms with E-state index in [0.717, 1.165) is 16.4 Å². The number of para-hydroxylation sites is 1. The van der Waals surface area contributed by atoms with E-state index in [1.807, 2.05) is 48.5 Å². The molecular weight excluding hydrogens is 420 g/mol. The summed E-state index contributed by atoms with van der Waals surface area (Å²) >= 11 is 0. The van der Waals surface area contributed by atoms with Crippen molar-refractivity contribution in [2.45, 2.75) is 18.9 Å². The molecule has 33 heavy (non-hydrogen) atoms. The standard InChI is InChI=1S/C25H24N4O4/c1-2-25(18-9-5-3-6-10-18)23(31)29(24(32)27-25)28-22(30)17-33-21-15-13-20(14-16-21)26-19-11-7-4-8-12-19/h3-16,26H,2,17H2,1H3,(H,27,32)(H,28,30). The topological polar surface area (TPSA) is 99.8 Å². The first-order chi connectivity index (χ1) is 16.0.